The normalized spacial score (nSPS) is 12.6. The van der Waals surface area contributed by atoms with Crippen LogP contribution in [0.2, 0.25) is 0 Å². The van der Waals surface area contributed by atoms with Gasteiger partial charge in [0.2, 0.25) is 0 Å². The Morgan fingerprint density at radius 1 is 0.273 bits per heavy atom. The van der Waals surface area contributed by atoms with Crippen molar-refractivity contribution in [2.75, 3.05) is 0 Å². The standard InChI is InChI=1S/4C14H28OS.H2S.Sn.2H/c4*1-4-5-10-13(14(15)16)11-8-6-7-9-12(2)3;;;;/h4*12-13H,4-11H2,1-3H3,(H,15,16);1H2;;;. The summed E-state index contributed by atoms with van der Waals surface area (Å²) in [6.07, 6.45) is 38.5. The topological polar surface area (TPSA) is 80.9 Å². The van der Waals surface area contributed by atoms with Crippen LogP contribution < -0.4 is 0 Å². The summed E-state index contributed by atoms with van der Waals surface area (Å²) < 4.78 is 0. The van der Waals surface area contributed by atoms with Crippen molar-refractivity contribution < 1.29 is 20.4 Å². The monoisotopic (exact) mass is 1130 g/mol. The van der Waals surface area contributed by atoms with Gasteiger partial charge in [-0.3, -0.25) is 0 Å². The number of hydrogen-bond acceptors (Lipinski definition) is 4. The number of unbranched alkanes of at least 4 members (excludes halogenated alkanes) is 12. The molecule has 0 aliphatic carbocycles. The maximum absolute atomic E-state index is 9.42. The van der Waals surface area contributed by atoms with E-state index in [9.17, 15) is 20.4 Å². The fraction of sp³-hybridized carbons (Fsp3) is 0.929. The molecule has 0 heterocycles. The van der Waals surface area contributed by atoms with Gasteiger partial charge in [0.1, 0.15) is 0 Å². The Hall–Kier alpha value is 0.709. The number of rotatable bonds is 40. The molecule has 0 fully saturated rings. The van der Waals surface area contributed by atoms with E-state index < -0.39 is 0 Å². The number of thiocarbonyl (C=S) groups is 4. The van der Waals surface area contributed by atoms with E-state index in [1.165, 1.54) is 154 Å². The molecule has 4 N–H and O–H groups in total. The molecule has 398 valence electrons. The first-order chi connectivity index (χ1) is 30.3. The number of aliphatic hydroxyl groups excluding tert-OH is 4. The summed E-state index contributed by atoms with van der Waals surface area (Å²) in [5.74, 6) is 4.35. The molecule has 4 nitrogen and oxygen atoms in total. The fourth-order valence-electron chi connectivity index (χ4n) is 7.85. The summed E-state index contributed by atoms with van der Waals surface area (Å²) >= 11 is 19.6. The molecule has 0 spiro atoms. The second-order valence-corrected chi connectivity index (χ2v) is 22.5. The van der Waals surface area contributed by atoms with Crippen molar-refractivity contribution in [2.45, 2.75) is 289 Å². The molecule has 66 heavy (non-hydrogen) atoms. The van der Waals surface area contributed by atoms with E-state index in [2.05, 4.69) is 83.1 Å². The van der Waals surface area contributed by atoms with E-state index in [0.29, 0.717) is 0 Å². The molecule has 0 saturated carbocycles. The van der Waals surface area contributed by atoms with Crippen LogP contribution in [0.5, 0.6) is 0 Å². The van der Waals surface area contributed by atoms with Crippen LogP contribution in [0, 0.1) is 47.3 Å². The molecule has 4 unspecified atom stereocenters. The Labute approximate surface area is 459 Å². The average molecular weight is 1130 g/mol. The average Bonchev–Trinajstić information content (AvgIpc) is 3.21. The van der Waals surface area contributed by atoms with Crippen LogP contribution in [0.1, 0.15) is 289 Å². The molecule has 0 bridgehead atoms. The second-order valence-electron chi connectivity index (χ2n) is 20.8. The predicted molar refractivity (Wildman–Crippen MR) is 324 cm³/mol. The first-order valence-electron chi connectivity index (χ1n) is 27.2. The summed E-state index contributed by atoms with van der Waals surface area (Å²) in [5.41, 5.74) is 0. The molecule has 0 aliphatic rings. The third kappa shape index (κ3) is 62.7. The van der Waals surface area contributed by atoms with Gasteiger partial charge in [0, 0.05) is 23.7 Å². The molecule has 0 saturated heterocycles. The van der Waals surface area contributed by atoms with Crippen LogP contribution in [0.4, 0.5) is 0 Å². The van der Waals surface area contributed by atoms with Crippen LogP contribution in [0.25, 0.3) is 0 Å². The van der Waals surface area contributed by atoms with Crippen molar-refractivity contribution in [2.24, 2.45) is 47.3 Å². The zero-order chi connectivity index (χ0) is 49.6. The van der Waals surface area contributed by atoms with Crippen molar-refractivity contribution in [1.29, 1.82) is 0 Å². The van der Waals surface area contributed by atoms with Crippen molar-refractivity contribution in [3.63, 3.8) is 0 Å². The quantitative estimate of drug-likeness (QED) is 0.0275. The van der Waals surface area contributed by atoms with Crippen LogP contribution in [0.15, 0.2) is 0 Å². The van der Waals surface area contributed by atoms with E-state index in [0.717, 1.165) is 75.0 Å². The Morgan fingerprint density at radius 3 is 0.530 bits per heavy atom. The van der Waals surface area contributed by atoms with Crippen LogP contribution in [-0.4, -0.2) is 64.5 Å². The zero-order valence-corrected chi connectivity index (χ0v) is 54.2. The van der Waals surface area contributed by atoms with E-state index in [4.69, 9.17) is 48.9 Å². The fourth-order valence-corrected chi connectivity index (χ4v) is 8.79. The minimum absolute atomic E-state index is 0. The second kappa shape index (κ2) is 58.3. The van der Waals surface area contributed by atoms with E-state index >= 15 is 0 Å². The van der Waals surface area contributed by atoms with Gasteiger partial charge in [0.25, 0.3) is 0 Å². The Balaban J connectivity index is -0.000000180. The van der Waals surface area contributed by atoms with Gasteiger partial charge in [-0.05, 0) is 124 Å². The van der Waals surface area contributed by atoms with Crippen molar-refractivity contribution >= 4 is 106 Å². The van der Waals surface area contributed by atoms with Gasteiger partial charge in [-0.25, -0.2) is 0 Å². The summed E-state index contributed by atoms with van der Waals surface area (Å²) in [6.45, 7) is 26.9. The van der Waals surface area contributed by atoms with Crippen LogP contribution in [-0.2, 0) is 0 Å². The Bertz CT molecular complexity index is 882. The summed E-state index contributed by atoms with van der Waals surface area (Å²) in [7, 11) is 0. The minimum atomic E-state index is 0. The summed E-state index contributed by atoms with van der Waals surface area (Å²) in [4.78, 5) is 0. The third-order valence-electron chi connectivity index (χ3n) is 12.4. The van der Waals surface area contributed by atoms with Crippen molar-refractivity contribution in [3.8, 4) is 0 Å². The van der Waals surface area contributed by atoms with Gasteiger partial charge in [0.15, 0.2) is 20.2 Å². The molecule has 0 aliphatic heterocycles. The zero-order valence-electron chi connectivity index (χ0n) is 45.9. The molecular weight excluding hydrogens is 1020 g/mol. The first-order valence-corrected chi connectivity index (χ1v) is 28.8. The molecule has 0 aromatic carbocycles. The molecule has 0 aromatic heterocycles. The van der Waals surface area contributed by atoms with Gasteiger partial charge < -0.3 is 20.4 Å². The predicted octanol–water partition coefficient (Wildman–Crippen LogP) is 20.3. The van der Waals surface area contributed by atoms with Gasteiger partial charge in [-0.2, -0.15) is 13.5 Å². The molecule has 0 aromatic rings. The van der Waals surface area contributed by atoms with E-state index in [1.807, 2.05) is 0 Å². The van der Waals surface area contributed by atoms with Gasteiger partial charge in [0.05, 0.1) is 0 Å². The molecular formula is C56H116O4S5Sn. The molecule has 2 radical (unpaired) electrons. The Kier molecular flexibility index (Phi) is 69.0. The molecule has 0 rings (SSSR count). The van der Waals surface area contributed by atoms with E-state index in [1.54, 1.807) is 0 Å². The van der Waals surface area contributed by atoms with E-state index in [-0.39, 0.29) is 81.3 Å². The summed E-state index contributed by atoms with van der Waals surface area (Å²) in [5, 5.41) is 38.6. The third-order valence-corrected chi connectivity index (χ3v) is 13.7. The molecule has 4 atom stereocenters. The number of hydrogen-bond donors (Lipinski definition) is 4. The summed E-state index contributed by atoms with van der Waals surface area (Å²) in [6, 6.07) is 0. The molecule has 0 amide bonds. The van der Waals surface area contributed by atoms with Crippen LogP contribution >= 0.6 is 62.4 Å². The number of aliphatic hydroxyl groups is 4. The SMILES string of the molecule is CCCCC(CCCCCC(C)C)C(O)=S.CCCCC(CCCCCC(C)C)C(O)=S.CCCCC(CCCCCC(C)C)C(O)=S.CCCCC(CCCCCC(C)C)C(O)=S.S.[SnH2]. The van der Waals surface area contributed by atoms with Crippen molar-refractivity contribution in [3.05, 3.63) is 0 Å². The van der Waals surface area contributed by atoms with Gasteiger partial charge >= 0.3 is 23.9 Å². The van der Waals surface area contributed by atoms with Crippen molar-refractivity contribution in [1.82, 2.24) is 0 Å². The molecule has 10 heteroatoms. The Morgan fingerprint density at radius 2 is 0.409 bits per heavy atom. The maximum atomic E-state index is 9.42. The van der Waals surface area contributed by atoms with Crippen LogP contribution in [0.3, 0.4) is 0 Å². The van der Waals surface area contributed by atoms with Gasteiger partial charge in [-0.15, -0.1) is 0 Å². The van der Waals surface area contributed by atoms with Gasteiger partial charge in [-0.1, -0.05) is 237 Å². The first kappa shape index (κ1) is 78.1.